The zero-order chi connectivity index (χ0) is 16.5. The Kier molecular flexibility index (Phi) is 2.86. The van der Waals surface area contributed by atoms with Gasteiger partial charge in [0.15, 0.2) is 0 Å². The molecular weight excluding hydrogens is 294 g/mol. The average Bonchev–Trinajstić information content (AvgIpc) is 2.72. The first-order chi connectivity index (χ1) is 10.9. The van der Waals surface area contributed by atoms with Crippen molar-refractivity contribution in [1.29, 1.82) is 0 Å². The molecule has 118 valence electrons. The Morgan fingerprint density at radius 2 is 1.22 bits per heavy atom. The van der Waals surface area contributed by atoms with Gasteiger partial charge in [0.25, 0.3) is 0 Å². The van der Waals surface area contributed by atoms with Crippen LogP contribution in [0.5, 0.6) is 0 Å². The van der Waals surface area contributed by atoms with E-state index in [1.54, 1.807) is 12.1 Å². The van der Waals surface area contributed by atoms with Gasteiger partial charge in [0.1, 0.15) is 11.6 Å². The lowest BCUT2D eigenvalue weighted by Gasteiger charge is -2.40. The largest absolute Gasteiger partial charge is 0.299 e. The molecule has 0 aromatic heterocycles. The lowest BCUT2D eigenvalue weighted by atomic mass is 9.58. The fraction of sp³-hybridized carbons (Fsp3) is 0.444. The van der Waals surface area contributed by atoms with Gasteiger partial charge in [0.05, 0.1) is 17.5 Å². The monoisotopic (exact) mass is 311 g/mol. The Morgan fingerprint density at radius 1 is 0.783 bits per heavy atom. The number of anilines is 1. The highest BCUT2D eigenvalue weighted by Gasteiger charge is 2.63. The van der Waals surface area contributed by atoms with Crippen molar-refractivity contribution in [3.63, 3.8) is 0 Å². The Morgan fingerprint density at radius 3 is 1.65 bits per heavy atom. The number of hydrogen-bond donors (Lipinski definition) is 0. The molecule has 2 bridgehead atoms. The summed E-state index contributed by atoms with van der Waals surface area (Å²) in [4.78, 5) is 51.1. The minimum Gasteiger partial charge on any atom is -0.299 e. The molecule has 5 rings (SSSR count). The summed E-state index contributed by atoms with van der Waals surface area (Å²) in [6, 6.07) is 5.57. The van der Waals surface area contributed by atoms with Crippen LogP contribution in [0.3, 0.4) is 0 Å². The first-order valence-electron chi connectivity index (χ1n) is 7.90. The highest BCUT2D eigenvalue weighted by Crippen LogP contribution is 2.50. The maximum Gasteiger partial charge on any atom is 0.238 e. The van der Waals surface area contributed by atoms with Crippen molar-refractivity contribution in [1.82, 2.24) is 0 Å². The molecular formula is C18H17NO4. The molecule has 1 aromatic rings. The van der Waals surface area contributed by atoms with Gasteiger partial charge in [-0.05, 0) is 37.1 Å². The fourth-order valence-electron chi connectivity index (χ4n) is 4.51. The van der Waals surface area contributed by atoms with E-state index >= 15 is 0 Å². The molecule has 5 heteroatoms. The number of Topliss-reactive ketones (excluding diaryl/α,β-unsaturated/α-hetero) is 2. The number of ketones is 2. The molecule has 4 fully saturated rings. The van der Waals surface area contributed by atoms with Gasteiger partial charge in [-0.3, -0.25) is 19.2 Å². The minimum absolute atomic E-state index is 0.0423. The van der Waals surface area contributed by atoms with Crippen LogP contribution >= 0.6 is 0 Å². The third-order valence-electron chi connectivity index (χ3n) is 5.40. The number of nitrogens with zero attached hydrogens (tertiary/aromatic N) is 1. The van der Waals surface area contributed by atoms with E-state index in [2.05, 4.69) is 0 Å². The van der Waals surface area contributed by atoms with Gasteiger partial charge in [-0.1, -0.05) is 6.07 Å². The fourth-order valence-corrected chi connectivity index (χ4v) is 4.51. The van der Waals surface area contributed by atoms with Gasteiger partial charge in [-0.25, -0.2) is 4.90 Å². The van der Waals surface area contributed by atoms with Crippen LogP contribution in [-0.4, -0.2) is 23.4 Å². The summed E-state index contributed by atoms with van der Waals surface area (Å²) in [6.45, 7) is 3.82. The molecule has 4 atom stereocenters. The molecule has 1 aromatic carbocycles. The highest BCUT2D eigenvalue weighted by molar-refractivity contribution is 6.25. The predicted octanol–water partition coefficient (Wildman–Crippen LogP) is 1.59. The van der Waals surface area contributed by atoms with Gasteiger partial charge in [0, 0.05) is 24.7 Å². The lowest BCUT2D eigenvalue weighted by Crippen LogP contribution is -2.51. The SMILES string of the molecule is Cc1cc(C)cc(N2C(=O)[C@@H]3[C@H](C2=O)[C@@H]2CC(=O)[C@@H]3CC2=O)c1. The Bertz CT molecular complexity index is 721. The van der Waals surface area contributed by atoms with E-state index in [1.165, 1.54) is 4.90 Å². The van der Waals surface area contributed by atoms with Crippen LogP contribution in [0.15, 0.2) is 18.2 Å². The molecule has 0 N–H and O–H groups in total. The molecule has 0 radical (unpaired) electrons. The van der Waals surface area contributed by atoms with E-state index in [0.29, 0.717) is 5.69 Å². The molecule has 1 saturated heterocycles. The third kappa shape index (κ3) is 1.85. The normalized spacial score (nSPS) is 32.7. The Balaban J connectivity index is 1.80. The molecule has 3 aliphatic carbocycles. The molecule has 0 unspecified atom stereocenters. The van der Waals surface area contributed by atoms with Crippen LogP contribution in [-0.2, 0) is 19.2 Å². The molecule has 1 aliphatic heterocycles. The van der Waals surface area contributed by atoms with Gasteiger partial charge in [-0.15, -0.1) is 0 Å². The second-order valence-electron chi connectivity index (χ2n) is 6.96. The molecule has 1 heterocycles. The summed E-state index contributed by atoms with van der Waals surface area (Å²) < 4.78 is 0. The smallest absolute Gasteiger partial charge is 0.238 e. The molecule has 2 amide bonds. The second-order valence-corrected chi connectivity index (χ2v) is 6.96. The molecule has 5 nitrogen and oxygen atoms in total. The Hall–Kier alpha value is -2.30. The van der Waals surface area contributed by atoms with Crippen LogP contribution in [0.2, 0.25) is 0 Å². The molecule has 4 aliphatic rings. The quantitative estimate of drug-likeness (QED) is 0.738. The predicted molar refractivity (Wildman–Crippen MR) is 81.6 cm³/mol. The van der Waals surface area contributed by atoms with Crippen molar-refractivity contribution in [2.45, 2.75) is 26.7 Å². The van der Waals surface area contributed by atoms with Crippen LogP contribution < -0.4 is 4.90 Å². The van der Waals surface area contributed by atoms with E-state index in [1.807, 2.05) is 19.9 Å². The van der Waals surface area contributed by atoms with Crippen LogP contribution in [0.25, 0.3) is 0 Å². The van der Waals surface area contributed by atoms with E-state index in [-0.39, 0.29) is 36.2 Å². The van der Waals surface area contributed by atoms with Crippen molar-refractivity contribution in [3.8, 4) is 0 Å². The topological polar surface area (TPSA) is 71.5 Å². The zero-order valence-corrected chi connectivity index (χ0v) is 13.0. The number of amides is 2. The summed E-state index contributed by atoms with van der Waals surface area (Å²) in [5.74, 6) is -3.23. The van der Waals surface area contributed by atoms with E-state index in [9.17, 15) is 19.2 Å². The first-order valence-corrected chi connectivity index (χ1v) is 7.90. The number of rotatable bonds is 1. The van der Waals surface area contributed by atoms with Crippen LogP contribution in [0.4, 0.5) is 5.69 Å². The van der Waals surface area contributed by atoms with Crippen molar-refractivity contribution < 1.29 is 19.2 Å². The van der Waals surface area contributed by atoms with E-state index in [0.717, 1.165) is 11.1 Å². The summed E-state index contributed by atoms with van der Waals surface area (Å²) in [5, 5.41) is 0. The van der Waals surface area contributed by atoms with Crippen LogP contribution in [0, 0.1) is 37.5 Å². The summed E-state index contributed by atoms with van der Waals surface area (Å²) in [6.07, 6.45) is 0.231. The summed E-state index contributed by atoms with van der Waals surface area (Å²) in [5.41, 5.74) is 2.47. The van der Waals surface area contributed by atoms with E-state index in [4.69, 9.17) is 0 Å². The van der Waals surface area contributed by atoms with Crippen molar-refractivity contribution >= 4 is 29.1 Å². The summed E-state index contributed by atoms with van der Waals surface area (Å²) >= 11 is 0. The Labute approximate surface area is 133 Å². The minimum atomic E-state index is -0.646. The van der Waals surface area contributed by atoms with E-state index < -0.39 is 23.7 Å². The standard InChI is InChI=1S/C18H17NO4/c1-8-3-9(2)5-10(4-8)19-17(22)15-11-6-13(20)12(7-14(11)21)16(15)18(19)23/h3-5,11-12,15-16H,6-7H2,1-2H3/t11-,12+,15-,16+. The number of benzene rings is 1. The average molecular weight is 311 g/mol. The number of fused-ring (bicyclic) bond motifs is 2. The molecule has 23 heavy (non-hydrogen) atoms. The second kappa shape index (κ2) is 4.60. The van der Waals surface area contributed by atoms with Crippen LogP contribution in [0.1, 0.15) is 24.0 Å². The number of imide groups is 1. The maximum absolute atomic E-state index is 12.9. The number of carbonyl (C=O) groups excluding carboxylic acids is 4. The number of aryl methyl sites for hydroxylation is 2. The number of hydrogen-bond acceptors (Lipinski definition) is 4. The summed E-state index contributed by atoms with van der Waals surface area (Å²) in [7, 11) is 0. The molecule has 3 saturated carbocycles. The van der Waals surface area contributed by atoms with Crippen molar-refractivity contribution in [2.24, 2.45) is 23.7 Å². The number of carbonyl (C=O) groups is 4. The van der Waals surface area contributed by atoms with Crippen molar-refractivity contribution in [3.05, 3.63) is 29.3 Å². The third-order valence-corrected chi connectivity index (χ3v) is 5.40. The lowest BCUT2D eigenvalue weighted by molar-refractivity contribution is -0.153. The first kappa shape index (κ1) is 14.3. The van der Waals surface area contributed by atoms with Gasteiger partial charge in [-0.2, -0.15) is 0 Å². The molecule has 0 spiro atoms. The zero-order valence-electron chi connectivity index (χ0n) is 13.0. The van der Waals surface area contributed by atoms with Gasteiger partial charge >= 0.3 is 0 Å². The van der Waals surface area contributed by atoms with Gasteiger partial charge in [0.2, 0.25) is 11.8 Å². The highest BCUT2D eigenvalue weighted by atomic mass is 16.2. The maximum atomic E-state index is 12.9. The van der Waals surface area contributed by atoms with Gasteiger partial charge < -0.3 is 0 Å². The van der Waals surface area contributed by atoms with Crippen molar-refractivity contribution in [2.75, 3.05) is 4.90 Å².